The third-order valence-corrected chi connectivity index (χ3v) is 2.97. The largest absolute Gasteiger partial charge is 0.248 e. The molecule has 1 unspecified atom stereocenters. The molecule has 9 heavy (non-hydrogen) atoms. The molecule has 1 saturated carbocycles. The van der Waals surface area contributed by atoms with E-state index in [0.29, 0.717) is 0 Å². The molecule has 0 aliphatic heterocycles. The van der Waals surface area contributed by atoms with Gasteiger partial charge in [0.2, 0.25) is 5.92 Å². The first-order valence-corrected chi connectivity index (χ1v) is 4.60. The average molecular weight is 246 g/mol. The van der Waals surface area contributed by atoms with Crippen molar-refractivity contribution < 1.29 is 8.78 Å². The summed E-state index contributed by atoms with van der Waals surface area (Å²) < 4.78 is 25.6. The molecule has 0 N–H and O–H groups in total. The molecule has 1 rings (SSSR count). The van der Waals surface area contributed by atoms with E-state index in [4.69, 9.17) is 0 Å². The summed E-state index contributed by atoms with van der Waals surface area (Å²) >= 11 is 2.17. The van der Waals surface area contributed by atoms with Gasteiger partial charge in [-0.25, -0.2) is 8.78 Å². The van der Waals surface area contributed by atoms with Crippen LogP contribution in [0.3, 0.4) is 0 Å². The number of halogens is 3. The topological polar surface area (TPSA) is 0 Å². The van der Waals surface area contributed by atoms with Crippen LogP contribution in [-0.2, 0) is 0 Å². The lowest BCUT2D eigenvalue weighted by molar-refractivity contribution is 0.00606. The van der Waals surface area contributed by atoms with Crippen LogP contribution in [-0.4, -0.2) is 10.4 Å². The fourth-order valence-electron chi connectivity index (χ4n) is 1.17. The Kier molecular flexibility index (Phi) is 2.29. The Labute approximate surface area is 67.2 Å². The van der Waals surface area contributed by atoms with Crippen LogP contribution >= 0.6 is 22.6 Å². The number of hydrogen-bond donors (Lipinski definition) is 0. The highest BCUT2D eigenvalue weighted by molar-refractivity contribution is 14.1. The summed E-state index contributed by atoms with van der Waals surface area (Å²) in [6.07, 6.45) is 0.951. The number of hydrogen-bond acceptors (Lipinski definition) is 0. The van der Waals surface area contributed by atoms with E-state index in [0.717, 1.165) is 10.8 Å². The molecule has 0 nitrogen and oxygen atoms in total. The zero-order valence-electron chi connectivity index (χ0n) is 5.04. The van der Waals surface area contributed by atoms with Gasteiger partial charge in [-0.15, -0.1) is 0 Å². The quantitative estimate of drug-likeness (QED) is 0.493. The minimum atomic E-state index is -2.34. The van der Waals surface area contributed by atoms with Crippen molar-refractivity contribution in [1.29, 1.82) is 0 Å². The number of alkyl halides is 3. The first-order valence-electron chi connectivity index (χ1n) is 3.08. The van der Waals surface area contributed by atoms with Crippen molar-refractivity contribution in [1.82, 2.24) is 0 Å². The Balaban J connectivity index is 2.38. The van der Waals surface area contributed by atoms with Gasteiger partial charge in [0, 0.05) is 17.3 Å². The highest BCUT2D eigenvalue weighted by Gasteiger charge is 2.38. The average Bonchev–Trinajstić information content (AvgIpc) is 2.10. The van der Waals surface area contributed by atoms with Crippen molar-refractivity contribution in [2.75, 3.05) is 4.43 Å². The predicted octanol–water partition coefficient (Wildman–Crippen LogP) is 2.86. The van der Waals surface area contributed by atoms with Gasteiger partial charge in [0.1, 0.15) is 0 Å². The van der Waals surface area contributed by atoms with Gasteiger partial charge in [-0.05, 0) is 12.3 Å². The Morgan fingerprint density at radius 3 is 2.44 bits per heavy atom. The molecule has 0 aromatic carbocycles. The molecule has 0 aromatic rings. The maximum atomic E-state index is 12.4. The molecule has 1 fully saturated rings. The second kappa shape index (κ2) is 2.68. The summed E-state index contributed by atoms with van der Waals surface area (Å²) in [6, 6.07) is 0. The van der Waals surface area contributed by atoms with Gasteiger partial charge < -0.3 is 0 Å². The molecule has 0 aromatic heterocycles. The second-order valence-electron chi connectivity index (χ2n) is 2.62. The SMILES string of the molecule is FC1(F)CCC(CI)C1. The van der Waals surface area contributed by atoms with E-state index < -0.39 is 5.92 Å². The molecule has 3 heteroatoms. The molecule has 0 amide bonds. The fraction of sp³-hybridized carbons (Fsp3) is 1.00. The smallest absolute Gasteiger partial charge is 0.207 e. The minimum Gasteiger partial charge on any atom is -0.207 e. The molecular formula is C6H9F2I. The summed E-state index contributed by atoms with van der Waals surface area (Å²) in [5.41, 5.74) is 0. The van der Waals surface area contributed by atoms with Crippen LogP contribution in [0.5, 0.6) is 0 Å². The van der Waals surface area contributed by atoms with E-state index >= 15 is 0 Å². The fourth-order valence-corrected chi connectivity index (χ4v) is 1.93. The standard InChI is InChI=1S/C6H9F2I/c7-6(8)2-1-5(3-6)4-9/h5H,1-4H2. The molecule has 0 heterocycles. The van der Waals surface area contributed by atoms with E-state index in [1.165, 1.54) is 0 Å². The Morgan fingerprint density at radius 2 is 2.22 bits per heavy atom. The highest BCUT2D eigenvalue weighted by atomic mass is 127. The van der Waals surface area contributed by atoms with Crippen LogP contribution in [0.15, 0.2) is 0 Å². The first kappa shape index (κ1) is 7.69. The molecule has 1 aliphatic rings. The van der Waals surface area contributed by atoms with Crippen molar-refractivity contribution in [2.45, 2.75) is 25.2 Å². The van der Waals surface area contributed by atoms with Crippen LogP contribution in [0, 0.1) is 5.92 Å². The van der Waals surface area contributed by atoms with E-state index in [1.807, 2.05) is 0 Å². The highest BCUT2D eigenvalue weighted by Crippen LogP contribution is 2.39. The van der Waals surface area contributed by atoms with Gasteiger partial charge in [-0.2, -0.15) is 0 Å². The monoisotopic (exact) mass is 246 g/mol. The molecule has 54 valence electrons. The van der Waals surface area contributed by atoms with E-state index in [-0.39, 0.29) is 18.8 Å². The van der Waals surface area contributed by atoms with Crippen molar-refractivity contribution in [3.8, 4) is 0 Å². The van der Waals surface area contributed by atoms with Gasteiger partial charge in [0.05, 0.1) is 0 Å². The minimum absolute atomic E-state index is 0.112. The summed E-state index contributed by atoms with van der Waals surface area (Å²) in [6.45, 7) is 0. The molecule has 0 radical (unpaired) electrons. The van der Waals surface area contributed by atoms with Crippen LogP contribution in [0.25, 0.3) is 0 Å². The molecule has 1 atom stereocenters. The third-order valence-electron chi connectivity index (χ3n) is 1.72. The second-order valence-corrected chi connectivity index (χ2v) is 3.50. The van der Waals surface area contributed by atoms with Crippen LogP contribution in [0.2, 0.25) is 0 Å². The molecule has 1 aliphatic carbocycles. The van der Waals surface area contributed by atoms with Crippen molar-refractivity contribution in [3.63, 3.8) is 0 Å². The number of rotatable bonds is 1. The van der Waals surface area contributed by atoms with Gasteiger partial charge in [0.25, 0.3) is 0 Å². The molecule has 0 spiro atoms. The zero-order chi connectivity index (χ0) is 6.91. The maximum Gasteiger partial charge on any atom is 0.248 e. The van der Waals surface area contributed by atoms with Crippen molar-refractivity contribution >= 4 is 22.6 Å². The Morgan fingerprint density at radius 1 is 1.56 bits per heavy atom. The van der Waals surface area contributed by atoms with Crippen molar-refractivity contribution in [3.05, 3.63) is 0 Å². The summed E-state index contributed by atoms with van der Waals surface area (Å²) in [4.78, 5) is 0. The van der Waals surface area contributed by atoms with Crippen molar-refractivity contribution in [2.24, 2.45) is 5.92 Å². The lowest BCUT2D eigenvalue weighted by Crippen LogP contribution is -2.09. The first-order chi connectivity index (χ1) is 4.14. The Bertz CT molecular complexity index is 103. The van der Waals surface area contributed by atoms with Crippen LogP contribution in [0.1, 0.15) is 19.3 Å². The zero-order valence-corrected chi connectivity index (χ0v) is 7.20. The molecule has 0 saturated heterocycles. The summed E-state index contributed by atoms with van der Waals surface area (Å²) in [7, 11) is 0. The van der Waals surface area contributed by atoms with Gasteiger partial charge >= 0.3 is 0 Å². The van der Waals surface area contributed by atoms with Gasteiger partial charge in [-0.3, -0.25) is 0 Å². The van der Waals surface area contributed by atoms with Gasteiger partial charge in [0.15, 0.2) is 0 Å². The summed E-state index contributed by atoms with van der Waals surface area (Å²) in [5, 5.41) is 0. The van der Waals surface area contributed by atoms with Gasteiger partial charge in [-0.1, -0.05) is 22.6 Å². The van der Waals surface area contributed by atoms with Crippen LogP contribution < -0.4 is 0 Å². The van der Waals surface area contributed by atoms with E-state index in [2.05, 4.69) is 22.6 Å². The Hall–Kier alpha value is 0.590. The van der Waals surface area contributed by atoms with Crippen LogP contribution in [0.4, 0.5) is 8.78 Å². The molecule has 0 bridgehead atoms. The predicted molar refractivity (Wildman–Crippen MR) is 41.2 cm³/mol. The molecular weight excluding hydrogens is 237 g/mol. The lowest BCUT2D eigenvalue weighted by Gasteiger charge is -2.06. The summed E-state index contributed by atoms with van der Waals surface area (Å²) in [5.74, 6) is -2.06. The van der Waals surface area contributed by atoms with E-state index in [9.17, 15) is 8.78 Å². The van der Waals surface area contributed by atoms with E-state index in [1.54, 1.807) is 0 Å². The third kappa shape index (κ3) is 2.02. The normalized spacial score (nSPS) is 33.0. The maximum absolute atomic E-state index is 12.4. The lowest BCUT2D eigenvalue weighted by atomic mass is 10.1.